The third kappa shape index (κ3) is 9.80. The first-order valence-electron chi connectivity index (χ1n) is 10.4. The van der Waals surface area contributed by atoms with Crippen LogP contribution in [0.4, 0.5) is 0 Å². The molecule has 27 heavy (non-hydrogen) atoms. The molecule has 0 aromatic heterocycles. The molecule has 5 nitrogen and oxygen atoms in total. The Morgan fingerprint density at radius 3 is 2.74 bits per heavy atom. The van der Waals surface area contributed by atoms with E-state index in [1.807, 2.05) is 6.92 Å². The van der Waals surface area contributed by atoms with Crippen LogP contribution in [0.3, 0.4) is 0 Å². The van der Waals surface area contributed by atoms with Gasteiger partial charge in [-0.15, -0.1) is 24.8 Å². The van der Waals surface area contributed by atoms with Gasteiger partial charge in [0.05, 0.1) is 0 Å². The number of halogens is 2. The molecule has 2 aliphatic rings. The van der Waals surface area contributed by atoms with Gasteiger partial charge < -0.3 is 20.3 Å². The predicted octanol–water partition coefficient (Wildman–Crippen LogP) is 3.11. The van der Waals surface area contributed by atoms with Crippen LogP contribution >= 0.6 is 24.8 Å². The van der Waals surface area contributed by atoms with Crippen LogP contribution in [0.25, 0.3) is 0 Å². The van der Waals surface area contributed by atoms with Gasteiger partial charge in [-0.25, -0.2) is 0 Å². The second kappa shape index (κ2) is 14.9. The fourth-order valence-corrected chi connectivity index (χ4v) is 4.27. The monoisotopic (exact) mass is 425 g/mol. The number of hydrogen-bond acceptors (Lipinski definition) is 4. The molecule has 2 rings (SSSR count). The first-order valence-corrected chi connectivity index (χ1v) is 10.4. The van der Waals surface area contributed by atoms with Crippen molar-refractivity contribution >= 4 is 30.7 Å². The van der Waals surface area contributed by atoms with E-state index in [9.17, 15) is 4.79 Å². The maximum absolute atomic E-state index is 12.5. The van der Waals surface area contributed by atoms with E-state index in [0.29, 0.717) is 30.2 Å². The van der Waals surface area contributed by atoms with E-state index < -0.39 is 0 Å². The molecule has 2 N–H and O–H groups in total. The van der Waals surface area contributed by atoms with Crippen molar-refractivity contribution < 1.29 is 9.53 Å². The van der Waals surface area contributed by atoms with Crippen LogP contribution in [0.5, 0.6) is 0 Å². The van der Waals surface area contributed by atoms with Crippen LogP contribution < -0.4 is 10.6 Å². The summed E-state index contributed by atoms with van der Waals surface area (Å²) in [7, 11) is 0. The Kier molecular flexibility index (Phi) is 14.8. The Balaban J connectivity index is 0.00000338. The minimum absolute atomic E-state index is 0. The fraction of sp³-hybridized carbons (Fsp3) is 0.950. The van der Waals surface area contributed by atoms with E-state index in [-0.39, 0.29) is 30.7 Å². The van der Waals surface area contributed by atoms with Gasteiger partial charge in [0.1, 0.15) is 0 Å². The third-order valence-electron chi connectivity index (χ3n) is 5.95. The van der Waals surface area contributed by atoms with Crippen molar-refractivity contribution in [1.82, 2.24) is 15.5 Å². The highest BCUT2D eigenvalue weighted by Gasteiger charge is 2.28. The highest BCUT2D eigenvalue weighted by molar-refractivity contribution is 5.85. The fourth-order valence-electron chi connectivity index (χ4n) is 4.27. The summed E-state index contributed by atoms with van der Waals surface area (Å²) in [5.74, 6) is 1.90. The Morgan fingerprint density at radius 1 is 1.33 bits per heavy atom. The second-order valence-electron chi connectivity index (χ2n) is 8.08. The molecule has 7 heteroatoms. The normalized spacial score (nSPS) is 27.1. The molecule has 4 unspecified atom stereocenters. The van der Waals surface area contributed by atoms with Crippen molar-refractivity contribution in [1.29, 1.82) is 0 Å². The van der Waals surface area contributed by atoms with Gasteiger partial charge >= 0.3 is 0 Å². The lowest BCUT2D eigenvalue weighted by molar-refractivity contribution is -0.123. The molecule has 2 saturated heterocycles. The molecule has 2 aliphatic heterocycles. The minimum atomic E-state index is 0. The summed E-state index contributed by atoms with van der Waals surface area (Å²) < 4.78 is 5.42. The quantitative estimate of drug-likeness (QED) is 0.557. The van der Waals surface area contributed by atoms with Crippen LogP contribution in [-0.4, -0.2) is 62.8 Å². The summed E-state index contributed by atoms with van der Waals surface area (Å²) in [5, 5.41) is 6.79. The Morgan fingerprint density at radius 2 is 2.11 bits per heavy atom. The molecular weight excluding hydrogens is 385 g/mol. The van der Waals surface area contributed by atoms with Crippen LogP contribution in [-0.2, 0) is 9.53 Å². The number of nitrogens with one attached hydrogen (secondary N) is 2. The molecule has 0 aliphatic carbocycles. The molecule has 0 aromatic rings. The van der Waals surface area contributed by atoms with Crippen molar-refractivity contribution in [2.24, 2.45) is 17.8 Å². The minimum Gasteiger partial charge on any atom is -0.382 e. The summed E-state index contributed by atoms with van der Waals surface area (Å²) in [5.41, 5.74) is 0. The van der Waals surface area contributed by atoms with Gasteiger partial charge in [-0.05, 0) is 63.5 Å². The summed E-state index contributed by atoms with van der Waals surface area (Å²) in [6.45, 7) is 13.7. The van der Waals surface area contributed by atoms with E-state index in [1.165, 1.54) is 12.8 Å². The van der Waals surface area contributed by atoms with E-state index in [1.54, 1.807) is 0 Å². The van der Waals surface area contributed by atoms with Crippen LogP contribution in [0.1, 0.15) is 52.9 Å². The average molecular weight is 426 g/mol. The number of carbonyl (C=O) groups is 1. The number of likely N-dealkylation sites (tertiary alicyclic amines) is 1. The van der Waals surface area contributed by atoms with Gasteiger partial charge in [-0.2, -0.15) is 0 Å². The number of piperidine rings is 2. The van der Waals surface area contributed by atoms with Gasteiger partial charge in [-0.1, -0.05) is 13.8 Å². The zero-order chi connectivity index (χ0) is 18.1. The molecular formula is C20H41Cl2N3O2. The van der Waals surface area contributed by atoms with Crippen LogP contribution in [0, 0.1) is 17.8 Å². The first-order chi connectivity index (χ1) is 12.1. The van der Waals surface area contributed by atoms with Crippen molar-refractivity contribution in [3.05, 3.63) is 0 Å². The molecule has 0 aromatic carbocycles. The summed E-state index contributed by atoms with van der Waals surface area (Å²) >= 11 is 0. The molecule has 162 valence electrons. The maximum Gasteiger partial charge on any atom is 0.220 e. The van der Waals surface area contributed by atoms with Crippen LogP contribution in [0.15, 0.2) is 0 Å². The zero-order valence-electron chi connectivity index (χ0n) is 17.4. The van der Waals surface area contributed by atoms with Gasteiger partial charge in [0.2, 0.25) is 5.91 Å². The molecule has 0 radical (unpaired) electrons. The standard InChI is InChI=1S/C20H39N3O2.2ClH/c1-4-25-12-6-10-23-11-8-19(17(3)15-23)22-20(24)13-16(2)18-7-5-9-21-14-18;;/h16-19,21H,4-15H2,1-3H3,(H,22,24);2*1H. The van der Waals surface area contributed by atoms with Gasteiger partial charge in [0.25, 0.3) is 0 Å². The molecule has 0 spiro atoms. The van der Waals surface area contributed by atoms with Gasteiger partial charge in [-0.3, -0.25) is 4.79 Å². The Labute approximate surface area is 178 Å². The van der Waals surface area contributed by atoms with E-state index in [0.717, 1.165) is 58.8 Å². The smallest absolute Gasteiger partial charge is 0.220 e. The van der Waals surface area contributed by atoms with E-state index in [4.69, 9.17) is 4.74 Å². The molecule has 1 amide bonds. The Bertz CT molecular complexity index is 395. The lowest BCUT2D eigenvalue weighted by Crippen LogP contribution is -2.50. The maximum atomic E-state index is 12.5. The van der Waals surface area contributed by atoms with Crippen molar-refractivity contribution in [2.75, 3.05) is 45.9 Å². The number of amides is 1. The van der Waals surface area contributed by atoms with E-state index >= 15 is 0 Å². The predicted molar refractivity (Wildman–Crippen MR) is 117 cm³/mol. The number of hydrogen-bond donors (Lipinski definition) is 2. The molecule has 4 atom stereocenters. The molecule has 2 fully saturated rings. The summed E-state index contributed by atoms with van der Waals surface area (Å²) in [6, 6.07) is 0.340. The highest BCUT2D eigenvalue weighted by Crippen LogP contribution is 2.23. The van der Waals surface area contributed by atoms with Gasteiger partial charge in [0.15, 0.2) is 0 Å². The molecule has 0 saturated carbocycles. The molecule has 2 heterocycles. The first kappa shape index (κ1) is 26.9. The highest BCUT2D eigenvalue weighted by atomic mass is 35.5. The summed E-state index contributed by atoms with van der Waals surface area (Å²) in [4.78, 5) is 15.0. The Hall–Kier alpha value is -0.0700. The number of ether oxygens (including phenoxy) is 1. The second-order valence-corrected chi connectivity index (χ2v) is 8.08. The van der Waals surface area contributed by atoms with Gasteiger partial charge in [0, 0.05) is 45.3 Å². The number of rotatable bonds is 9. The third-order valence-corrected chi connectivity index (χ3v) is 5.95. The lowest BCUT2D eigenvalue weighted by atomic mass is 9.85. The average Bonchev–Trinajstić information content (AvgIpc) is 2.61. The van der Waals surface area contributed by atoms with Crippen molar-refractivity contribution in [2.45, 2.75) is 58.9 Å². The van der Waals surface area contributed by atoms with Crippen LogP contribution in [0.2, 0.25) is 0 Å². The number of nitrogens with zero attached hydrogens (tertiary/aromatic N) is 1. The van der Waals surface area contributed by atoms with E-state index in [2.05, 4.69) is 29.4 Å². The number of carbonyl (C=O) groups excluding carboxylic acids is 1. The van der Waals surface area contributed by atoms with Crippen molar-refractivity contribution in [3.8, 4) is 0 Å². The molecule has 0 bridgehead atoms. The summed E-state index contributed by atoms with van der Waals surface area (Å²) in [6.07, 6.45) is 5.35. The largest absolute Gasteiger partial charge is 0.382 e. The van der Waals surface area contributed by atoms with Crippen molar-refractivity contribution in [3.63, 3.8) is 0 Å². The topological polar surface area (TPSA) is 53.6 Å². The lowest BCUT2D eigenvalue weighted by Gasteiger charge is -2.37. The SMILES string of the molecule is CCOCCCN1CCC(NC(=O)CC(C)C2CCCNC2)C(C)C1.Cl.Cl. The zero-order valence-corrected chi connectivity index (χ0v) is 19.0.